The first-order valence-corrected chi connectivity index (χ1v) is 8.41. The van der Waals surface area contributed by atoms with Crippen molar-refractivity contribution in [2.24, 2.45) is 11.8 Å². The summed E-state index contributed by atoms with van der Waals surface area (Å²) in [6.07, 6.45) is 0. The van der Waals surface area contributed by atoms with Crippen LogP contribution in [0.25, 0.3) is 0 Å². The maximum absolute atomic E-state index is 12.2. The molecule has 2 N–H and O–H groups in total. The summed E-state index contributed by atoms with van der Waals surface area (Å²) < 4.78 is 26.9. The lowest BCUT2D eigenvalue weighted by molar-refractivity contribution is -0.143. The lowest BCUT2D eigenvalue weighted by Crippen LogP contribution is -2.51. The topological polar surface area (TPSA) is 86.7 Å². The summed E-state index contributed by atoms with van der Waals surface area (Å²) in [6, 6.07) is 6.80. The normalized spacial score (nSPS) is 17.3. The minimum atomic E-state index is -3.52. The van der Waals surface area contributed by atoms with E-state index in [1.807, 2.05) is 4.90 Å². The van der Waals surface area contributed by atoms with E-state index in [1.165, 1.54) is 0 Å². The van der Waals surface area contributed by atoms with Crippen LogP contribution in [0, 0.1) is 11.8 Å². The number of rotatable bonds is 6. The first kappa shape index (κ1) is 15.8. The number of sulfonamides is 1. The van der Waals surface area contributed by atoms with E-state index in [0.717, 1.165) is 0 Å². The molecule has 0 aliphatic carbocycles. The zero-order valence-electron chi connectivity index (χ0n) is 12.1. The first-order valence-electron chi connectivity index (χ1n) is 6.93. The van der Waals surface area contributed by atoms with Crippen molar-refractivity contribution >= 4 is 21.7 Å². The predicted octanol–water partition coefficient (Wildman–Crippen LogP) is 1.14. The number of aliphatic carboxylic acids is 1. The number of nitrogens with one attached hydrogen (secondary N) is 1. The summed E-state index contributed by atoms with van der Waals surface area (Å²) in [5, 5.41) is 9.00. The number of carboxylic acid groups (broad SMARTS) is 1. The summed E-state index contributed by atoms with van der Waals surface area (Å²) >= 11 is 0. The Kier molecular flexibility index (Phi) is 4.53. The molecule has 0 amide bonds. The van der Waals surface area contributed by atoms with E-state index < -0.39 is 21.9 Å². The lowest BCUT2D eigenvalue weighted by Gasteiger charge is -2.43. The second-order valence-corrected chi connectivity index (χ2v) is 7.00. The van der Waals surface area contributed by atoms with Gasteiger partial charge in [-0.25, -0.2) is 13.1 Å². The maximum atomic E-state index is 12.2. The summed E-state index contributed by atoms with van der Waals surface area (Å²) in [5.41, 5.74) is 0.632. The summed E-state index contributed by atoms with van der Waals surface area (Å²) in [4.78, 5) is 13.1. The molecule has 1 atom stereocenters. The molecule has 0 saturated carbocycles. The third kappa shape index (κ3) is 3.19. The van der Waals surface area contributed by atoms with Gasteiger partial charge in [-0.3, -0.25) is 4.79 Å². The SMILES string of the molecule is CCNS(=O)(=O)c1ccccc1N1CC(C(C)C(=O)O)C1. The fourth-order valence-corrected chi connectivity index (χ4v) is 3.71. The molecule has 1 fully saturated rings. The molecule has 0 aromatic heterocycles. The van der Waals surface area contributed by atoms with E-state index in [2.05, 4.69) is 4.72 Å². The van der Waals surface area contributed by atoms with E-state index in [-0.39, 0.29) is 10.8 Å². The van der Waals surface area contributed by atoms with Crippen molar-refractivity contribution in [2.75, 3.05) is 24.5 Å². The van der Waals surface area contributed by atoms with Gasteiger partial charge < -0.3 is 10.0 Å². The average molecular weight is 312 g/mol. The Labute approximate surface area is 124 Å². The monoisotopic (exact) mass is 312 g/mol. The molecular formula is C14H20N2O4S. The Morgan fingerprint density at radius 2 is 2.05 bits per heavy atom. The predicted molar refractivity (Wildman–Crippen MR) is 79.8 cm³/mol. The van der Waals surface area contributed by atoms with Gasteiger partial charge in [0.2, 0.25) is 10.0 Å². The summed E-state index contributed by atoms with van der Waals surface area (Å²) in [6.45, 7) is 4.87. The molecule has 1 heterocycles. The second kappa shape index (κ2) is 6.03. The molecule has 0 bridgehead atoms. The lowest BCUT2D eigenvalue weighted by atomic mass is 9.87. The van der Waals surface area contributed by atoms with Crippen LogP contribution in [0.2, 0.25) is 0 Å². The van der Waals surface area contributed by atoms with Crippen LogP contribution in [0.15, 0.2) is 29.2 Å². The van der Waals surface area contributed by atoms with Crippen LogP contribution in [-0.4, -0.2) is 39.1 Å². The average Bonchev–Trinajstić information content (AvgIpc) is 2.37. The number of para-hydroxylation sites is 1. The maximum Gasteiger partial charge on any atom is 0.306 e. The van der Waals surface area contributed by atoms with Gasteiger partial charge in [0.1, 0.15) is 4.90 Å². The highest BCUT2D eigenvalue weighted by Gasteiger charge is 2.36. The van der Waals surface area contributed by atoms with Crippen LogP contribution in [0.4, 0.5) is 5.69 Å². The van der Waals surface area contributed by atoms with Crippen LogP contribution in [-0.2, 0) is 14.8 Å². The molecule has 0 spiro atoms. The number of carbonyl (C=O) groups is 1. The molecular weight excluding hydrogens is 292 g/mol. The Morgan fingerprint density at radius 3 is 2.62 bits per heavy atom. The van der Waals surface area contributed by atoms with Gasteiger partial charge in [0.15, 0.2) is 0 Å². The fraction of sp³-hybridized carbons (Fsp3) is 0.500. The van der Waals surface area contributed by atoms with Crippen molar-refractivity contribution in [1.29, 1.82) is 0 Å². The van der Waals surface area contributed by atoms with Crippen LogP contribution in [0.3, 0.4) is 0 Å². The molecule has 1 unspecified atom stereocenters. The van der Waals surface area contributed by atoms with Gasteiger partial charge in [0.05, 0.1) is 11.6 Å². The van der Waals surface area contributed by atoms with Crippen molar-refractivity contribution in [3.8, 4) is 0 Å². The van der Waals surface area contributed by atoms with Crippen LogP contribution < -0.4 is 9.62 Å². The van der Waals surface area contributed by atoms with E-state index >= 15 is 0 Å². The smallest absolute Gasteiger partial charge is 0.306 e. The molecule has 1 aliphatic heterocycles. The van der Waals surface area contributed by atoms with Crippen molar-refractivity contribution < 1.29 is 18.3 Å². The van der Waals surface area contributed by atoms with Crippen LogP contribution in [0.1, 0.15) is 13.8 Å². The summed E-state index contributed by atoms with van der Waals surface area (Å²) in [5.74, 6) is -1.18. The quantitative estimate of drug-likeness (QED) is 0.822. The Morgan fingerprint density at radius 1 is 1.43 bits per heavy atom. The Hall–Kier alpha value is -1.60. The van der Waals surface area contributed by atoms with E-state index in [0.29, 0.717) is 25.3 Å². The minimum Gasteiger partial charge on any atom is -0.481 e. The van der Waals surface area contributed by atoms with E-state index in [9.17, 15) is 13.2 Å². The summed E-state index contributed by atoms with van der Waals surface area (Å²) in [7, 11) is -3.52. The first-order chi connectivity index (χ1) is 9.86. The third-order valence-corrected chi connectivity index (χ3v) is 5.43. The molecule has 1 aromatic carbocycles. The van der Waals surface area contributed by atoms with Gasteiger partial charge in [-0.1, -0.05) is 26.0 Å². The van der Waals surface area contributed by atoms with Crippen LogP contribution >= 0.6 is 0 Å². The zero-order chi connectivity index (χ0) is 15.6. The van der Waals surface area contributed by atoms with Crippen molar-refractivity contribution in [3.63, 3.8) is 0 Å². The Bertz CT molecular complexity index is 624. The largest absolute Gasteiger partial charge is 0.481 e. The molecule has 1 aliphatic rings. The van der Waals surface area contributed by atoms with Crippen molar-refractivity contribution in [3.05, 3.63) is 24.3 Å². The van der Waals surface area contributed by atoms with Gasteiger partial charge >= 0.3 is 5.97 Å². The molecule has 2 rings (SSSR count). The fourth-order valence-electron chi connectivity index (χ4n) is 2.44. The molecule has 1 saturated heterocycles. The van der Waals surface area contributed by atoms with Crippen molar-refractivity contribution in [2.45, 2.75) is 18.7 Å². The number of carboxylic acids is 1. The molecule has 6 nitrogen and oxygen atoms in total. The van der Waals surface area contributed by atoms with E-state index in [4.69, 9.17) is 5.11 Å². The highest BCUT2D eigenvalue weighted by Crippen LogP contribution is 2.33. The standard InChI is InChI=1S/C14H20N2O4S/c1-3-15-21(19,20)13-7-5-4-6-12(13)16-8-11(9-16)10(2)14(17)18/h4-7,10-11,15H,3,8-9H2,1-2H3,(H,17,18). The molecule has 116 valence electrons. The Balaban J connectivity index is 2.19. The third-order valence-electron chi connectivity index (χ3n) is 3.84. The molecule has 21 heavy (non-hydrogen) atoms. The number of nitrogens with zero attached hydrogens (tertiary/aromatic N) is 1. The van der Waals surface area contributed by atoms with Crippen molar-refractivity contribution in [1.82, 2.24) is 4.72 Å². The van der Waals surface area contributed by atoms with Gasteiger partial charge in [0.25, 0.3) is 0 Å². The van der Waals surface area contributed by atoms with Gasteiger partial charge in [0, 0.05) is 25.6 Å². The van der Waals surface area contributed by atoms with Gasteiger partial charge in [-0.05, 0) is 12.1 Å². The molecule has 0 radical (unpaired) electrons. The number of anilines is 1. The minimum absolute atomic E-state index is 0.0531. The van der Waals surface area contributed by atoms with E-state index in [1.54, 1.807) is 38.1 Å². The molecule has 1 aromatic rings. The van der Waals surface area contributed by atoms with Gasteiger partial charge in [-0.2, -0.15) is 0 Å². The number of benzene rings is 1. The number of hydrogen-bond donors (Lipinski definition) is 2. The second-order valence-electron chi connectivity index (χ2n) is 5.26. The molecule has 7 heteroatoms. The highest BCUT2D eigenvalue weighted by molar-refractivity contribution is 7.89. The number of hydrogen-bond acceptors (Lipinski definition) is 4. The van der Waals surface area contributed by atoms with Gasteiger partial charge in [-0.15, -0.1) is 0 Å². The zero-order valence-corrected chi connectivity index (χ0v) is 12.9. The highest BCUT2D eigenvalue weighted by atomic mass is 32.2. The van der Waals surface area contributed by atoms with Crippen LogP contribution in [0.5, 0.6) is 0 Å².